The van der Waals surface area contributed by atoms with E-state index < -0.39 is 15.4 Å². The number of carbonyl (C=O) groups excluding carboxylic acids is 1. The molecule has 1 aliphatic carbocycles. The normalized spacial score (nSPS) is 15.4. The van der Waals surface area contributed by atoms with Crippen LogP contribution in [0, 0.1) is 0 Å². The average Bonchev–Trinajstić information content (AvgIpc) is 3.48. The van der Waals surface area contributed by atoms with Gasteiger partial charge in [-0.15, -0.1) is 6.58 Å². The second-order valence-corrected chi connectivity index (χ2v) is 10.2. The number of anilines is 1. The lowest BCUT2D eigenvalue weighted by atomic mass is 9.87. The predicted molar refractivity (Wildman–Crippen MR) is 117 cm³/mol. The van der Waals surface area contributed by atoms with Gasteiger partial charge in [0.2, 0.25) is 5.91 Å². The van der Waals surface area contributed by atoms with E-state index in [2.05, 4.69) is 37.4 Å². The largest absolute Gasteiger partial charge is 0.352 e. The van der Waals surface area contributed by atoms with Crippen molar-refractivity contribution in [1.82, 2.24) is 5.32 Å². The predicted octanol–water partition coefficient (Wildman–Crippen LogP) is 4.12. The van der Waals surface area contributed by atoms with E-state index in [1.54, 1.807) is 30.3 Å². The van der Waals surface area contributed by atoms with E-state index in [1.165, 1.54) is 0 Å². The molecule has 0 unspecified atom stereocenters. The van der Waals surface area contributed by atoms with Crippen molar-refractivity contribution >= 4 is 21.6 Å². The van der Waals surface area contributed by atoms with E-state index in [-0.39, 0.29) is 16.2 Å². The van der Waals surface area contributed by atoms with Crippen LogP contribution in [0.1, 0.15) is 44.7 Å². The first-order valence-electron chi connectivity index (χ1n) is 9.72. The highest BCUT2D eigenvalue weighted by Gasteiger charge is 2.50. The summed E-state index contributed by atoms with van der Waals surface area (Å²) in [5.74, 6) is -0.00957. The first-order chi connectivity index (χ1) is 13.6. The molecule has 0 aliphatic heterocycles. The number of amides is 1. The van der Waals surface area contributed by atoms with E-state index in [9.17, 15) is 13.2 Å². The highest BCUT2D eigenvalue weighted by molar-refractivity contribution is 7.92. The highest BCUT2D eigenvalue weighted by Crippen LogP contribution is 2.48. The zero-order valence-electron chi connectivity index (χ0n) is 17.2. The summed E-state index contributed by atoms with van der Waals surface area (Å²) in [4.78, 5) is 12.6. The lowest BCUT2D eigenvalue weighted by molar-refractivity contribution is -0.123. The molecule has 1 fully saturated rings. The van der Waals surface area contributed by atoms with Crippen LogP contribution >= 0.6 is 0 Å². The van der Waals surface area contributed by atoms with Gasteiger partial charge in [-0.3, -0.25) is 9.52 Å². The minimum Gasteiger partial charge on any atom is -0.352 e. The molecule has 0 aromatic heterocycles. The van der Waals surface area contributed by atoms with Gasteiger partial charge >= 0.3 is 0 Å². The molecule has 154 valence electrons. The quantitative estimate of drug-likeness (QED) is 0.672. The molecule has 1 saturated carbocycles. The summed E-state index contributed by atoms with van der Waals surface area (Å²) in [5, 5.41) is 2.85. The fourth-order valence-electron chi connectivity index (χ4n) is 3.31. The van der Waals surface area contributed by atoms with Gasteiger partial charge in [-0.25, -0.2) is 8.42 Å². The number of nitrogens with one attached hydrogen (secondary N) is 2. The Hall–Kier alpha value is -2.60. The molecule has 2 aromatic rings. The van der Waals surface area contributed by atoms with E-state index in [1.807, 2.05) is 24.3 Å². The van der Waals surface area contributed by atoms with E-state index >= 15 is 0 Å². The summed E-state index contributed by atoms with van der Waals surface area (Å²) in [6.07, 6.45) is 3.24. The van der Waals surface area contributed by atoms with E-state index in [0.29, 0.717) is 12.2 Å². The lowest BCUT2D eigenvalue weighted by Gasteiger charge is -2.19. The molecule has 5 nitrogen and oxygen atoms in total. The van der Waals surface area contributed by atoms with Crippen LogP contribution in [0.5, 0.6) is 0 Å². The van der Waals surface area contributed by atoms with Crippen LogP contribution in [0.2, 0.25) is 0 Å². The van der Waals surface area contributed by atoms with Gasteiger partial charge in [0.25, 0.3) is 10.0 Å². The van der Waals surface area contributed by atoms with Crippen molar-refractivity contribution in [2.45, 2.75) is 49.3 Å². The average molecular weight is 413 g/mol. The standard InChI is InChI=1S/C23H28N2O3S/c1-5-16-24-21(26)23(14-15-23)18-6-10-19(11-7-18)25-29(27,28)20-12-8-17(9-13-20)22(2,3)4/h5-13,25H,1,14-16H2,2-4H3,(H,24,26). The van der Waals surface area contributed by atoms with Gasteiger partial charge in [0.15, 0.2) is 0 Å². The van der Waals surface area contributed by atoms with Gasteiger partial charge in [-0.05, 0) is 53.6 Å². The van der Waals surface area contributed by atoms with Crippen LogP contribution < -0.4 is 10.0 Å². The Morgan fingerprint density at radius 2 is 1.66 bits per heavy atom. The summed E-state index contributed by atoms with van der Waals surface area (Å²) in [7, 11) is -3.68. The molecular weight excluding hydrogens is 384 g/mol. The Morgan fingerprint density at radius 3 is 2.14 bits per heavy atom. The van der Waals surface area contributed by atoms with Crippen LogP contribution in [0.15, 0.2) is 66.1 Å². The maximum atomic E-state index is 12.7. The number of hydrogen-bond donors (Lipinski definition) is 2. The molecule has 0 saturated heterocycles. The van der Waals surface area contributed by atoms with Crippen LogP contribution in [0.25, 0.3) is 0 Å². The first kappa shape index (κ1) is 21.1. The van der Waals surface area contributed by atoms with Crippen LogP contribution in [0.3, 0.4) is 0 Å². The first-order valence-corrected chi connectivity index (χ1v) is 11.2. The van der Waals surface area contributed by atoms with Gasteiger partial charge < -0.3 is 5.32 Å². The number of sulfonamides is 1. The topological polar surface area (TPSA) is 75.3 Å². The SMILES string of the molecule is C=CCNC(=O)C1(c2ccc(NS(=O)(=O)c3ccc(C(C)(C)C)cc3)cc2)CC1. The van der Waals surface area contributed by atoms with Crippen molar-refractivity contribution in [3.63, 3.8) is 0 Å². The van der Waals surface area contributed by atoms with Gasteiger partial charge in [0.1, 0.15) is 0 Å². The van der Waals surface area contributed by atoms with Gasteiger partial charge in [-0.2, -0.15) is 0 Å². The zero-order chi connectivity index (χ0) is 21.3. The zero-order valence-corrected chi connectivity index (χ0v) is 18.0. The Balaban J connectivity index is 1.74. The number of rotatable bonds is 7. The second kappa shape index (κ2) is 7.67. The molecule has 2 aromatic carbocycles. The minimum absolute atomic E-state index is 0.00957. The summed E-state index contributed by atoms with van der Waals surface area (Å²) >= 11 is 0. The molecule has 0 bridgehead atoms. The van der Waals surface area contributed by atoms with E-state index in [4.69, 9.17) is 0 Å². The lowest BCUT2D eigenvalue weighted by Crippen LogP contribution is -2.34. The number of benzene rings is 2. The fourth-order valence-corrected chi connectivity index (χ4v) is 4.37. The third kappa shape index (κ3) is 4.53. The molecule has 6 heteroatoms. The summed E-state index contributed by atoms with van der Waals surface area (Å²) < 4.78 is 28.0. The Bertz CT molecular complexity index is 998. The minimum atomic E-state index is -3.68. The van der Waals surface area contributed by atoms with E-state index in [0.717, 1.165) is 24.0 Å². The summed E-state index contributed by atoms with van der Waals surface area (Å²) in [6, 6.07) is 14.0. The highest BCUT2D eigenvalue weighted by atomic mass is 32.2. The van der Waals surface area contributed by atoms with Crippen molar-refractivity contribution < 1.29 is 13.2 Å². The molecule has 1 amide bonds. The molecule has 3 rings (SSSR count). The third-order valence-electron chi connectivity index (χ3n) is 5.31. The second-order valence-electron chi connectivity index (χ2n) is 8.54. The van der Waals surface area contributed by atoms with Crippen molar-refractivity contribution in [1.29, 1.82) is 0 Å². The maximum absolute atomic E-state index is 12.7. The van der Waals surface area contributed by atoms with Crippen molar-refractivity contribution in [2.24, 2.45) is 0 Å². The molecule has 0 heterocycles. The Kier molecular flexibility index (Phi) is 5.59. The third-order valence-corrected chi connectivity index (χ3v) is 6.71. The van der Waals surface area contributed by atoms with Crippen molar-refractivity contribution in [2.75, 3.05) is 11.3 Å². The molecule has 2 N–H and O–H groups in total. The Labute approximate surface area is 173 Å². The molecular formula is C23H28N2O3S. The number of hydrogen-bond acceptors (Lipinski definition) is 3. The molecule has 29 heavy (non-hydrogen) atoms. The van der Waals surface area contributed by atoms with Crippen LogP contribution in [-0.2, 0) is 25.6 Å². The van der Waals surface area contributed by atoms with Crippen LogP contribution in [-0.4, -0.2) is 20.9 Å². The van der Waals surface area contributed by atoms with Crippen LogP contribution in [0.4, 0.5) is 5.69 Å². The molecule has 0 spiro atoms. The van der Waals surface area contributed by atoms with Gasteiger partial charge in [0.05, 0.1) is 10.3 Å². The van der Waals surface area contributed by atoms with Crippen molar-refractivity contribution in [3.05, 3.63) is 72.3 Å². The monoisotopic (exact) mass is 412 g/mol. The van der Waals surface area contributed by atoms with Crippen molar-refractivity contribution in [3.8, 4) is 0 Å². The maximum Gasteiger partial charge on any atom is 0.261 e. The Morgan fingerprint density at radius 1 is 1.07 bits per heavy atom. The fraction of sp³-hybridized carbons (Fsp3) is 0.348. The smallest absolute Gasteiger partial charge is 0.261 e. The molecule has 1 aliphatic rings. The number of carbonyl (C=O) groups is 1. The van der Waals surface area contributed by atoms with Gasteiger partial charge in [0, 0.05) is 12.2 Å². The molecule has 0 atom stereocenters. The summed E-state index contributed by atoms with van der Waals surface area (Å²) in [6.45, 7) is 10.3. The molecule has 0 radical (unpaired) electrons. The summed E-state index contributed by atoms with van der Waals surface area (Å²) in [5.41, 5.74) is 1.91. The van der Waals surface area contributed by atoms with Gasteiger partial charge in [-0.1, -0.05) is 51.1 Å².